The van der Waals surface area contributed by atoms with Crippen molar-refractivity contribution in [3.63, 3.8) is 0 Å². The first-order chi connectivity index (χ1) is 8.58. The summed E-state index contributed by atoms with van der Waals surface area (Å²) in [4.78, 5) is 4.34. The van der Waals surface area contributed by atoms with Crippen molar-refractivity contribution < 1.29 is 8.42 Å². The number of rotatable bonds is 4. The molecule has 0 aliphatic heterocycles. The molecule has 1 aromatic heterocycles. The molecule has 18 heavy (non-hydrogen) atoms. The largest absolute Gasteiger partial charge is 0.260 e. The van der Waals surface area contributed by atoms with E-state index in [1.807, 2.05) is 19.1 Å². The molecule has 94 valence electrons. The van der Waals surface area contributed by atoms with E-state index < -0.39 is 10.0 Å². The van der Waals surface area contributed by atoms with E-state index in [1.165, 1.54) is 0 Å². The molecule has 0 radical (unpaired) electrons. The average Bonchev–Trinajstić information content (AvgIpc) is 2.38. The Morgan fingerprint density at radius 2 is 2.00 bits per heavy atom. The molecule has 0 saturated carbocycles. The van der Waals surface area contributed by atoms with Crippen molar-refractivity contribution in [3.05, 3.63) is 59.9 Å². The van der Waals surface area contributed by atoms with Gasteiger partial charge in [0.05, 0.1) is 17.1 Å². The molecule has 0 fully saturated rings. The van der Waals surface area contributed by atoms with Crippen LogP contribution in [0.4, 0.5) is 0 Å². The quantitative estimate of drug-likeness (QED) is 0.915. The molecule has 1 heterocycles. The summed E-state index contributed by atoms with van der Waals surface area (Å²) in [7, 11) is -3.47. The molecule has 0 aliphatic carbocycles. The van der Waals surface area contributed by atoms with Crippen LogP contribution in [0.2, 0.25) is 0 Å². The van der Waals surface area contributed by atoms with E-state index in [9.17, 15) is 8.42 Å². The molecule has 2 aromatic rings. The Kier molecular flexibility index (Phi) is 3.74. The zero-order valence-electron chi connectivity index (χ0n) is 10.00. The number of benzene rings is 1. The van der Waals surface area contributed by atoms with Gasteiger partial charge in [0.15, 0.2) is 0 Å². The summed E-state index contributed by atoms with van der Waals surface area (Å²) in [5, 5.41) is 0. The van der Waals surface area contributed by atoms with Gasteiger partial charge in [0.25, 0.3) is 0 Å². The molecule has 0 amide bonds. The number of nitrogens with zero attached hydrogens (tertiary/aromatic N) is 1. The molecule has 4 nitrogen and oxygen atoms in total. The molecule has 5 heteroatoms. The van der Waals surface area contributed by atoms with E-state index >= 15 is 0 Å². The zero-order valence-corrected chi connectivity index (χ0v) is 10.8. The Hall–Kier alpha value is -1.72. The van der Waals surface area contributed by atoms with Gasteiger partial charge in [0, 0.05) is 6.20 Å². The van der Waals surface area contributed by atoms with Gasteiger partial charge in [-0.15, -0.1) is 0 Å². The summed E-state index contributed by atoms with van der Waals surface area (Å²) >= 11 is 0. The summed E-state index contributed by atoms with van der Waals surface area (Å²) in [6, 6.07) is 12.2. The fourth-order valence-electron chi connectivity index (χ4n) is 1.54. The molecule has 1 aromatic carbocycles. The van der Waals surface area contributed by atoms with E-state index in [-0.39, 0.29) is 11.4 Å². The van der Waals surface area contributed by atoms with Crippen LogP contribution in [0.1, 0.15) is 11.3 Å². The molecule has 0 aliphatic rings. The van der Waals surface area contributed by atoms with Crippen LogP contribution < -0.4 is 4.72 Å². The maximum atomic E-state index is 12.0. The molecule has 0 bridgehead atoms. The van der Waals surface area contributed by atoms with Crippen LogP contribution in [0.3, 0.4) is 0 Å². The topological polar surface area (TPSA) is 59.1 Å². The normalized spacial score (nSPS) is 11.4. The third-order valence-electron chi connectivity index (χ3n) is 2.47. The summed E-state index contributed by atoms with van der Waals surface area (Å²) in [6.45, 7) is 2.05. The Balaban J connectivity index is 2.13. The highest BCUT2D eigenvalue weighted by molar-refractivity contribution is 7.89. The first-order valence-electron chi connectivity index (χ1n) is 5.54. The van der Waals surface area contributed by atoms with Gasteiger partial charge in [0.1, 0.15) is 0 Å². The Bertz CT molecular complexity index is 624. The van der Waals surface area contributed by atoms with Crippen molar-refractivity contribution in [2.24, 2.45) is 0 Å². The highest BCUT2D eigenvalue weighted by Gasteiger charge is 2.13. The fourth-order valence-corrected chi connectivity index (χ4v) is 2.64. The van der Waals surface area contributed by atoms with E-state index in [0.29, 0.717) is 5.69 Å². The first kappa shape index (κ1) is 12.7. The number of hydrogen-bond acceptors (Lipinski definition) is 3. The molecular weight excluding hydrogens is 248 g/mol. The Morgan fingerprint density at radius 1 is 1.17 bits per heavy atom. The van der Waals surface area contributed by atoms with Crippen LogP contribution in [-0.2, 0) is 16.6 Å². The lowest BCUT2D eigenvalue weighted by molar-refractivity contribution is 0.580. The summed E-state index contributed by atoms with van der Waals surface area (Å²) < 4.78 is 26.6. The highest BCUT2D eigenvalue weighted by Crippen LogP contribution is 2.11. The van der Waals surface area contributed by atoms with Crippen molar-refractivity contribution in [2.75, 3.05) is 0 Å². The van der Waals surface area contributed by atoms with Crippen molar-refractivity contribution in [1.82, 2.24) is 9.71 Å². The van der Waals surface area contributed by atoms with Gasteiger partial charge >= 0.3 is 0 Å². The number of aromatic nitrogens is 1. The van der Waals surface area contributed by atoms with Gasteiger partial charge in [-0.05, 0) is 36.8 Å². The molecule has 2 rings (SSSR count). The monoisotopic (exact) mass is 262 g/mol. The number of hydrogen-bond donors (Lipinski definition) is 1. The Labute approximate surface area is 107 Å². The average molecular weight is 262 g/mol. The smallest absolute Gasteiger partial charge is 0.240 e. The molecule has 0 atom stereocenters. The maximum absolute atomic E-state index is 12.0. The van der Waals surface area contributed by atoms with Gasteiger partial charge in [-0.3, -0.25) is 4.98 Å². The minimum atomic E-state index is -3.47. The van der Waals surface area contributed by atoms with E-state index in [0.717, 1.165) is 5.56 Å². The SMILES string of the molecule is Cc1cccc(S(=O)(=O)NCc2ccccn2)c1. The van der Waals surface area contributed by atoms with Crippen molar-refractivity contribution in [3.8, 4) is 0 Å². The lowest BCUT2D eigenvalue weighted by Crippen LogP contribution is -2.23. The minimum Gasteiger partial charge on any atom is -0.260 e. The van der Waals surface area contributed by atoms with E-state index in [1.54, 1.807) is 36.5 Å². The van der Waals surface area contributed by atoms with Crippen LogP contribution in [-0.4, -0.2) is 13.4 Å². The number of sulfonamides is 1. The second-order valence-corrected chi connectivity index (χ2v) is 5.73. The minimum absolute atomic E-state index is 0.192. The first-order valence-corrected chi connectivity index (χ1v) is 7.02. The van der Waals surface area contributed by atoms with Gasteiger partial charge in [0.2, 0.25) is 10.0 Å². The molecule has 0 unspecified atom stereocenters. The number of aryl methyl sites for hydroxylation is 1. The predicted octanol–water partition coefficient (Wildman–Crippen LogP) is 1.87. The molecular formula is C13H14N2O2S. The zero-order chi connectivity index (χ0) is 13.0. The second-order valence-electron chi connectivity index (χ2n) is 3.96. The van der Waals surface area contributed by atoms with E-state index in [4.69, 9.17) is 0 Å². The lowest BCUT2D eigenvalue weighted by Gasteiger charge is -2.06. The second kappa shape index (κ2) is 5.29. The molecule has 0 saturated heterocycles. The van der Waals surface area contributed by atoms with Gasteiger partial charge in [-0.1, -0.05) is 18.2 Å². The highest BCUT2D eigenvalue weighted by atomic mass is 32.2. The predicted molar refractivity (Wildman–Crippen MR) is 69.4 cm³/mol. The van der Waals surface area contributed by atoms with Crippen LogP contribution in [0.15, 0.2) is 53.6 Å². The molecule has 1 N–H and O–H groups in total. The lowest BCUT2D eigenvalue weighted by atomic mass is 10.2. The van der Waals surface area contributed by atoms with Gasteiger partial charge in [-0.25, -0.2) is 13.1 Å². The van der Waals surface area contributed by atoms with Gasteiger partial charge < -0.3 is 0 Å². The third-order valence-corrected chi connectivity index (χ3v) is 3.87. The summed E-state index contributed by atoms with van der Waals surface area (Å²) in [5.74, 6) is 0. The van der Waals surface area contributed by atoms with E-state index in [2.05, 4.69) is 9.71 Å². The number of pyridine rings is 1. The summed E-state index contributed by atoms with van der Waals surface area (Å²) in [5.41, 5.74) is 1.60. The number of nitrogens with one attached hydrogen (secondary N) is 1. The summed E-state index contributed by atoms with van der Waals surface area (Å²) in [6.07, 6.45) is 1.64. The third kappa shape index (κ3) is 3.15. The van der Waals surface area contributed by atoms with Gasteiger partial charge in [-0.2, -0.15) is 0 Å². The van der Waals surface area contributed by atoms with Crippen LogP contribution >= 0.6 is 0 Å². The van der Waals surface area contributed by atoms with Crippen molar-refractivity contribution in [1.29, 1.82) is 0 Å². The molecule has 0 spiro atoms. The van der Waals surface area contributed by atoms with Crippen LogP contribution in [0.25, 0.3) is 0 Å². The van der Waals surface area contributed by atoms with Crippen molar-refractivity contribution in [2.45, 2.75) is 18.4 Å². The maximum Gasteiger partial charge on any atom is 0.240 e. The Morgan fingerprint density at radius 3 is 2.67 bits per heavy atom. The standard InChI is InChI=1S/C13H14N2O2S/c1-11-5-4-7-13(9-11)18(16,17)15-10-12-6-2-3-8-14-12/h2-9,15H,10H2,1H3. The van der Waals surface area contributed by atoms with Crippen LogP contribution in [0, 0.1) is 6.92 Å². The fraction of sp³-hybridized carbons (Fsp3) is 0.154. The van der Waals surface area contributed by atoms with Crippen molar-refractivity contribution >= 4 is 10.0 Å². The van der Waals surface area contributed by atoms with Crippen LogP contribution in [0.5, 0.6) is 0 Å².